The van der Waals surface area contributed by atoms with Crippen LogP contribution in [0.2, 0.25) is 0 Å². The van der Waals surface area contributed by atoms with Gasteiger partial charge in [0, 0.05) is 48.9 Å². The SMILES string of the molecule is CCc1ccccc1NC(=O)CCN1C(=S)N[C@H](c2ccccn2)[C@H]1c1cccn1-c1cccc([N+](=O)[O-])c1. The van der Waals surface area contributed by atoms with E-state index in [2.05, 4.69) is 22.5 Å². The second kappa shape index (κ2) is 11.4. The van der Waals surface area contributed by atoms with Gasteiger partial charge in [0.25, 0.3) is 5.69 Å². The standard InChI is InChI=1S/C29H28N6O3S/c1-2-20-9-3-4-12-23(20)31-26(36)15-18-34-28(27(32-29(34)39)24-13-5-6-16-30-24)25-14-8-17-33(25)21-10-7-11-22(19-21)35(37)38/h3-14,16-17,19,27-28H,2,15,18H2,1H3,(H,31,36)(H,32,39)/t27-,28-/m1/s1. The third-order valence-electron chi connectivity index (χ3n) is 6.85. The van der Waals surface area contributed by atoms with Crippen molar-refractivity contribution in [3.8, 4) is 5.69 Å². The van der Waals surface area contributed by atoms with Crippen LogP contribution in [0.25, 0.3) is 5.69 Å². The molecule has 10 heteroatoms. The van der Waals surface area contributed by atoms with Crippen LogP contribution in [0.3, 0.4) is 0 Å². The predicted octanol–water partition coefficient (Wildman–Crippen LogP) is 5.34. The minimum Gasteiger partial charge on any atom is -0.352 e. The summed E-state index contributed by atoms with van der Waals surface area (Å²) in [4.78, 5) is 30.6. The van der Waals surface area contributed by atoms with Crippen LogP contribution in [-0.2, 0) is 11.2 Å². The molecule has 0 unspecified atom stereocenters. The molecular formula is C29H28N6O3S. The molecule has 1 amide bonds. The lowest BCUT2D eigenvalue weighted by molar-refractivity contribution is -0.384. The number of nitrogens with zero attached hydrogens (tertiary/aromatic N) is 4. The average Bonchev–Trinajstić information content (AvgIpc) is 3.57. The fourth-order valence-electron chi connectivity index (χ4n) is 4.98. The van der Waals surface area contributed by atoms with Crippen molar-refractivity contribution < 1.29 is 9.72 Å². The van der Waals surface area contributed by atoms with E-state index in [0.717, 1.165) is 29.1 Å². The Bertz CT molecular complexity index is 1510. The van der Waals surface area contributed by atoms with Crippen LogP contribution in [0, 0.1) is 10.1 Å². The monoisotopic (exact) mass is 540 g/mol. The number of aryl methyl sites for hydroxylation is 1. The van der Waals surface area contributed by atoms with E-state index in [1.54, 1.807) is 18.3 Å². The first kappa shape index (κ1) is 26.1. The average molecular weight is 541 g/mol. The number of benzene rings is 2. The Morgan fingerprint density at radius 2 is 1.92 bits per heavy atom. The number of rotatable bonds is 9. The summed E-state index contributed by atoms with van der Waals surface area (Å²) >= 11 is 5.76. The quantitative estimate of drug-likeness (QED) is 0.168. The van der Waals surface area contributed by atoms with Gasteiger partial charge < -0.3 is 20.1 Å². The lowest BCUT2D eigenvalue weighted by atomic mass is 10.0. The van der Waals surface area contributed by atoms with Crippen molar-refractivity contribution in [1.29, 1.82) is 0 Å². The van der Waals surface area contributed by atoms with E-state index in [4.69, 9.17) is 12.2 Å². The number of thiocarbonyl (C=S) groups is 1. The highest BCUT2D eigenvalue weighted by Gasteiger charge is 2.41. The van der Waals surface area contributed by atoms with Gasteiger partial charge in [0.2, 0.25) is 5.91 Å². The number of nitro groups is 1. The van der Waals surface area contributed by atoms with Gasteiger partial charge in [-0.05, 0) is 60.6 Å². The summed E-state index contributed by atoms with van der Waals surface area (Å²) in [6.07, 6.45) is 4.65. The first-order valence-corrected chi connectivity index (χ1v) is 13.1. The van der Waals surface area contributed by atoms with Crippen LogP contribution >= 0.6 is 12.2 Å². The van der Waals surface area contributed by atoms with Crippen LogP contribution in [0.15, 0.2) is 91.3 Å². The van der Waals surface area contributed by atoms with E-state index in [-0.39, 0.29) is 30.1 Å². The molecule has 1 saturated heterocycles. The highest BCUT2D eigenvalue weighted by Crippen LogP contribution is 2.39. The number of carbonyl (C=O) groups excluding carboxylic acids is 1. The molecule has 1 fully saturated rings. The number of aromatic nitrogens is 2. The largest absolute Gasteiger partial charge is 0.352 e. The number of nitro benzene ring substituents is 1. The van der Waals surface area contributed by atoms with Gasteiger partial charge in [-0.2, -0.15) is 0 Å². The summed E-state index contributed by atoms with van der Waals surface area (Å²) in [6, 6.07) is 23.3. The summed E-state index contributed by atoms with van der Waals surface area (Å²) < 4.78 is 1.92. The minimum absolute atomic E-state index is 0.00869. The molecule has 0 radical (unpaired) electrons. The van der Waals surface area contributed by atoms with Crippen LogP contribution < -0.4 is 10.6 Å². The molecule has 4 aromatic rings. The van der Waals surface area contributed by atoms with Crippen molar-refractivity contribution in [2.75, 3.05) is 11.9 Å². The molecule has 9 nitrogen and oxygen atoms in total. The molecule has 2 atom stereocenters. The predicted molar refractivity (Wildman–Crippen MR) is 154 cm³/mol. The number of nitrogens with one attached hydrogen (secondary N) is 2. The first-order valence-electron chi connectivity index (χ1n) is 12.7. The van der Waals surface area contributed by atoms with Crippen molar-refractivity contribution in [2.24, 2.45) is 0 Å². The van der Waals surface area contributed by atoms with E-state index >= 15 is 0 Å². The van der Waals surface area contributed by atoms with Crippen molar-refractivity contribution in [3.05, 3.63) is 118 Å². The van der Waals surface area contributed by atoms with Gasteiger partial charge in [0.15, 0.2) is 5.11 Å². The summed E-state index contributed by atoms with van der Waals surface area (Å²) in [5, 5.41) is 18.4. The van der Waals surface area contributed by atoms with Gasteiger partial charge in [-0.15, -0.1) is 0 Å². The number of non-ortho nitro benzene ring substituents is 1. The van der Waals surface area contributed by atoms with Crippen molar-refractivity contribution in [1.82, 2.24) is 19.8 Å². The van der Waals surface area contributed by atoms with Gasteiger partial charge in [-0.25, -0.2) is 0 Å². The number of amides is 1. The fourth-order valence-corrected chi connectivity index (χ4v) is 5.31. The zero-order valence-corrected chi connectivity index (χ0v) is 22.2. The molecule has 5 rings (SSSR count). The second-order valence-electron chi connectivity index (χ2n) is 9.21. The fraction of sp³-hybridized carbons (Fsp3) is 0.207. The molecule has 1 aliphatic heterocycles. The summed E-state index contributed by atoms with van der Waals surface area (Å²) in [5.41, 5.74) is 4.24. The van der Waals surface area contributed by atoms with Gasteiger partial charge in [-0.1, -0.05) is 37.3 Å². The van der Waals surface area contributed by atoms with Gasteiger partial charge in [0.05, 0.1) is 28.4 Å². The third-order valence-corrected chi connectivity index (χ3v) is 7.20. The highest BCUT2D eigenvalue weighted by atomic mass is 32.1. The molecule has 2 aromatic carbocycles. The lowest BCUT2D eigenvalue weighted by Crippen LogP contribution is -2.33. The number of hydrogen-bond donors (Lipinski definition) is 2. The Hall–Kier alpha value is -4.57. The highest BCUT2D eigenvalue weighted by molar-refractivity contribution is 7.80. The maximum Gasteiger partial charge on any atom is 0.271 e. The molecule has 0 bridgehead atoms. The Labute approximate surface area is 231 Å². The molecule has 0 aliphatic carbocycles. The van der Waals surface area contributed by atoms with Crippen LogP contribution in [0.5, 0.6) is 0 Å². The lowest BCUT2D eigenvalue weighted by Gasteiger charge is -2.29. The molecule has 3 heterocycles. The Morgan fingerprint density at radius 3 is 2.69 bits per heavy atom. The molecule has 0 saturated carbocycles. The Balaban J connectivity index is 1.46. The van der Waals surface area contributed by atoms with Crippen LogP contribution in [-0.4, -0.2) is 36.9 Å². The zero-order valence-electron chi connectivity index (χ0n) is 21.4. The van der Waals surface area contributed by atoms with Crippen LogP contribution in [0.1, 0.15) is 42.4 Å². The zero-order chi connectivity index (χ0) is 27.4. The van der Waals surface area contributed by atoms with Crippen molar-refractivity contribution >= 4 is 34.6 Å². The van der Waals surface area contributed by atoms with Gasteiger partial charge in [0.1, 0.15) is 0 Å². The molecule has 2 N–H and O–H groups in total. The van der Waals surface area contributed by atoms with Gasteiger partial charge >= 0.3 is 0 Å². The summed E-state index contributed by atoms with van der Waals surface area (Å²) in [6.45, 7) is 2.43. The van der Waals surface area contributed by atoms with E-state index in [9.17, 15) is 14.9 Å². The smallest absolute Gasteiger partial charge is 0.271 e. The topological polar surface area (TPSA) is 105 Å². The maximum atomic E-state index is 13.0. The van der Waals surface area contributed by atoms with E-state index in [1.165, 1.54) is 6.07 Å². The molecule has 0 spiro atoms. The number of para-hydroxylation sites is 1. The second-order valence-corrected chi connectivity index (χ2v) is 9.60. The molecule has 2 aromatic heterocycles. The first-order chi connectivity index (χ1) is 19.0. The van der Waals surface area contributed by atoms with Crippen molar-refractivity contribution in [3.63, 3.8) is 0 Å². The van der Waals surface area contributed by atoms with E-state index < -0.39 is 4.92 Å². The number of hydrogen-bond acceptors (Lipinski definition) is 5. The van der Waals surface area contributed by atoms with E-state index in [0.29, 0.717) is 17.3 Å². The molecular weight excluding hydrogens is 512 g/mol. The van der Waals surface area contributed by atoms with Crippen LogP contribution in [0.4, 0.5) is 11.4 Å². The normalized spacial score (nSPS) is 16.6. The number of anilines is 1. The Morgan fingerprint density at radius 1 is 1.10 bits per heavy atom. The third kappa shape index (κ3) is 5.51. The van der Waals surface area contributed by atoms with Gasteiger partial charge in [-0.3, -0.25) is 19.9 Å². The molecule has 39 heavy (non-hydrogen) atoms. The molecule has 198 valence electrons. The number of carbonyl (C=O) groups is 1. The maximum absolute atomic E-state index is 13.0. The van der Waals surface area contributed by atoms with E-state index in [1.807, 2.05) is 76.3 Å². The number of pyridine rings is 1. The summed E-state index contributed by atoms with van der Waals surface area (Å²) in [7, 11) is 0. The minimum atomic E-state index is -0.406. The molecule has 1 aliphatic rings. The summed E-state index contributed by atoms with van der Waals surface area (Å²) in [5.74, 6) is -0.104. The Kier molecular flexibility index (Phi) is 7.64. The van der Waals surface area contributed by atoms with Crippen molar-refractivity contribution in [2.45, 2.75) is 31.8 Å².